The molecule has 15 heteroatoms. The van der Waals surface area contributed by atoms with Crippen LogP contribution in [0.25, 0.3) is 10.6 Å². The summed E-state index contributed by atoms with van der Waals surface area (Å²) in [6, 6.07) is -0.571. The van der Waals surface area contributed by atoms with E-state index in [1.807, 2.05) is 33.9 Å². The summed E-state index contributed by atoms with van der Waals surface area (Å²) in [7, 11) is 3.76. The number of Topliss-reactive ketones (excluding diaryl/α,β-unsaturated/α-hetero) is 1. The summed E-state index contributed by atoms with van der Waals surface area (Å²) < 4.78 is 19.9. The van der Waals surface area contributed by atoms with Crippen LogP contribution < -0.4 is 11.1 Å². The number of aryl methyl sites for hydroxylation is 1. The van der Waals surface area contributed by atoms with Crippen molar-refractivity contribution in [1.29, 1.82) is 0 Å². The number of cyclic esters (lactones) is 1. The van der Waals surface area contributed by atoms with Crippen LogP contribution in [0.1, 0.15) is 87.0 Å². The fraction of sp³-hybridized carbons (Fsp3) is 0.765. The van der Waals surface area contributed by atoms with Gasteiger partial charge in [-0.25, -0.2) is 9.78 Å². The summed E-state index contributed by atoms with van der Waals surface area (Å²) in [5, 5.41) is 12.2. The Hall–Kier alpha value is -3.04. The third-order valence-electron chi connectivity index (χ3n) is 11.3. The van der Waals surface area contributed by atoms with Crippen LogP contribution >= 0.6 is 11.3 Å². The quantitative estimate of drug-likeness (QED) is 0.167. The number of ether oxygens (including phenoxy) is 3. The summed E-state index contributed by atoms with van der Waals surface area (Å²) in [6.45, 7) is 15.4. The first-order chi connectivity index (χ1) is 23.2. The number of aromatic nitrogens is 4. The molecule has 2 aromatic rings. The van der Waals surface area contributed by atoms with Crippen molar-refractivity contribution in [3.05, 3.63) is 12.4 Å². The molecule has 2 aliphatic heterocycles. The third-order valence-corrected chi connectivity index (χ3v) is 12.2. The molecule has 2 fully saturated rings. The van der Waals surface area contributed by atoms with Gasteiger partial charge < -0.3 is 25.3 Å². The largest absolute Gasteiger partial charge is 0.458 e. The fourth-order valence-electron chi connectivity index (χ4n) is 7.54. The van der Waals surface area contributed by atoms with Gasteiger partial charge in [0, 0.05) is 38.4 Å². The summed E-state index contributed by atoms with van der Waals surface area (Å²) in [5.41, 5.74) is 5.35. The standard InChI is InChI=1S/C34H56BN7O6S/c1-9-27-33(7)29(42(32(45)48-33)17-11-10-16-41-19-25(39-40-41)26-18-38-31(36)49-26)23(5)37-15-13-20(2)12-14-34(35,24(6)46-8)22(4)28(43)21(3)30(44)47-27/h18-24,27,29,37H,9-17,35H2,1-8H3,(H2,36,38)/t20-,21+,22-,23-,24?,27+,29+,33+,34-/m0/s1. The number of hydrogen-bond acceptors (Lipinski definition) is 12. The Labute approximate surface area is 295 Å². The normalized spacial score (nSPS) is 32.8. The molecule has 3 N–H and O–H groups in total. The number of thiazole rings is 1. The Morgan fingerprint density at radius 2 is 1.90 bits per heavy atom. The Morgan fingerprint density at radius 3 is 2.55 bits per heavy atom. The fourth-order valence-corrected chi connectivity index (χ4v) is 8.18. The number of anilines is 1. The van der Waals surface area contributed by atoms with Crippen molar-refractivity contribution in [1.82, 2.24) is 30.2 Å². The number of unbranched alkanes of at least 4 members (excludes halogenated alkanes) is 1. The number of nitrogens with zero attached hydrogens (tertiary/aromatic N) is 5. The van der Waals surface area contributed by atoms with Crippen LogP contribution in [-0.4, -0.2) is 101 Å². The molecule has 9 atom stereocenters. The number of carbonyl (C=O) groups is 3. The van der Waals surface area contributed by atoms with Crippen LogP contribution in [0.15, 0.2) is 12.4 Å². The van der Waals surface area contributed by atoms with Crippen molar-refractivity contribution in [2.45, 2.75) is 129 Å². The molecule has 13 nitrogen and oxygen atoms in total. The highest BCUT2D eigenvalue weighted by Crippen LogP contribution is 2.45. The molecule has 0 radical (unpaired) electrons. The highest BCUT2D eigenvalue weighted by molar-refractivity contribution is 7.18. The van der Waals surface area contributed by atoms with E-state index in [-0.39, 0.29) is 17.9 Å². The van der Waals surface area contributed by atoms with Crippen molar-refractivity contribution in [3.8, 4) is 10.6 Å². The zero-order valence-electron chi connectivity index (χ0n) is 30.7. The second-order valence-corrected chi connectivity index (χ2v) is 15.6. The minimum absolute atomic E-state index is 0.160. The van der Waals surface area contributed by atoms with E-state index in [9.17, 15) is 14.4 Å². The average molecular weight is 702 g/mol. The molecule has 4 heterocycles. The molecule has 0 aliphatic carbocycles. The molecule has 1 amide bonds. The van der Waals surface area contributed by atoms with Crippen LogP contribution in [0.2, 0.25) is 5.31 Å². The lowest BCUT2D eigenvalue weighted by molar-refractivity contribution is -0.170. The lowest BCUT2D eigenvalue weighted by Crippen LogP contribution is -2.60. The van der Waals surface area contributed by atoms with E-state index in [0.717, 1.165) is 42.8 Å². The third kappa shape index (κ3) is 8.47. The monoisotopic (exact) mass is 701 g/mol. The summed E-state index contributed by atoms with van der Waals surface area (Å²) in [6.07, 6.45) is 6.70. The number of nitrogen functional groups attached to an aromatic ring is 1. The topological polar surface area (TPSA) is 164 Å². The second-order valence-electron chi connectivity index (χ2n) is 14.6. The van der Waals surface area contributed by atoms with E-state index in [2.05, 4.69) is 42.3 Å². The highest BCUT2D eigenvalue weighted by atomic mass is 32.1. The highest BCUT2D eigenvalue weighted by Gasteiger charge is 2.58. The zero-order valence-corrected chi connectivity index (χ0v) is 31.5. The van der Waals surface area contributed by atoms with Crippen LogP contribution in [0.3, 0.4) is 0 Å². The summed E-state index contributed by atoms with van der Waals surface area (Å²) in [5.74, 6) is -1.78. The van der Waals surface area contributed by atoms with E-state index < -0.39 is 47.0 Å². The maximum absolute atomic E-state index is 13.9. The van der Waals surface area contributed by atoms with Crippen LogP contribution in [0.5, 0.6) is 0 Å². The van der Waals surface area contributed by atoms with E-state index in [4.69, 9.17) is 19.9 Å². The van der Waals surface area contributed by atoms with Gasteiger partial charge >= 0.3 is 12.1 Å². The zero-order chi connectivity index (χ0) is 36.1. The van der Waals surface area contributed by atoms with Gasteiger partial charge in [0.25, 0.3) is 0 Å². The predicted octanol–water partition coefficient (Wildman–Crippen LogP) is 4.13. The SMILES string of the molecule is B[C@@]1(C(C)OC)CC[C@H](C)CCN[C@@H](C)[C@H]2N(CCCCn3cc(-c4cnc(N)s4)nn3)C(=O)O[C@]2(C)[C@@H](CC)OC(=O)[C@H](C)C(=O)[C@@H]1C. The number of nitrogens with two attached hydrogens (primary N) is 1. The van der Waals surface area contributed by atoms with Gasteiger partial charge in [-0.15, -0.1) is 5.10 Å². The maximum atomic E-state index is 13.9. The number of esters is 1. The minimum Gasteiger partial charge on any atom is -0.458 e. The molecule has 0 aromatic carbocycles. The maximum Gasteiger partial charge on any atom is 0.410 e. The molecule has 0 saturated carbocycles. The molecule has 2 saturated heterocycles. The van der Waals surface area contributed by atoms with Gasteiger partial charge in [-0.05, 0) is 71.2 Å². The lowest BCUT2D eigenvalue weighted by atomic mass is 9.53. The molecule has 272 valence electrons. The summed E-state index contributed by atoms with van der Waals surface area (Å²) in [4.78, 5) is 47.9. The molecule has 2 aliphatic rings. The van der Waals surface area contributed by atoms with Crippen LogP contribution in [0.4, 0.5) is 9.93 Å². The number of amides is 1. The van der Waals surface area contributed by atoms with Gasteiger partial charge in [0.15, 0.2) is 10.7 Å². The first-order valence-corrected chi connectivity index (χ1v) is 18.6. The second kappa shape index (κ2) is 16.3. The van der Waals surface area contributed by atoms with Crippen molar-refractivity contribution in [3.63, 3.8) is 0 Å². The van der Waals surface area contributed by atoms with E-state index in [1.165, 1.54) is 11.3 Å². The molecular formula is C34H56BN7O6S. The Bertz CT molecular complexity index is 1440. The number of ketones is 1. The van der Waals surface area contributed by atoms with E-state index >= 15 is 0 Å². The van der Waals surface area contributed by atoms with Gasteiger partial charge in [0.1, 0.15) is 31.3 Å². The number of hydrogen-bond donors (Lipinski definition) is 2. The molecule has 0 bridgehead atoms. The number of methoxy groups -OCH3 is 1. The molecule has 4 rings (SSSR count). The number of carbonyl (C=O) groups excluding carboxylic acids is 3. The number of nitrogens with one attached hydrogen (secondary N) is 1. The van der Waals surface area contributed by atoms with Crippen molar-refractivity contribution in [2.75, 3.05) is 25.9 Å². The molecule has 2 aromatic heterocycles. The average Bonchev–Trinajstić information content (AvgIpc) is 3.79. The molecule has 49 heavy (non-hydrogen) atoms. The Kier molecular flexibility index (Phi) is 12.9. The first kappa shape index (κ1) is 38.8. The van der Waals surface area contributed by atoms with Crippen molar-refractivity contribution >= 4 is 42.2 Å². The van der Waals surface area contributed by atoms with E-state index in [1.54, 1.807) is 29.8 Å². The molecular weight excluding hydrogens is 645 g/mol. The van der Waals surface area contributed by atoms with Crippen LogP contribution in [-0.2, 0) is 30.3 Å². The van der Waals surface area contributed by atoms with Gasteiger partial charge in [-0.3, -0.25) is 19.2 Å². The van der Waals surface area contributed by atoms with Crippen LogP contribution in [0, 0.1) is 17.8 Å². The van der Waals surface area contributed by atoms with E-state index in [0.29, 0.717) is 37.0 Å². The lowest BCUT2D eigenvalue weighted by Gasteiger charge is -2.42. The Balaban J connectivity index is 1.52. The summed E-state index contributed by atoms with van der Waals surface area (Å²) >= 11 is 1.36. The molecule has 0 spiro atoms. The number of fused-ring (bicyclic) bond motifs is 1. The van der Waals surface area contributed by atoms with Gasteiger partial charge in [0.2, 0.25) is 0 Å². The molecule has 1 unspecified atom stereocenters. The van der Waals surface area contributed by atoms with Crippen molar-refractivity contribution in [2.24, 2.45) is 17.8 Å². The smallest absolute Gasteiger partial charge is 0.410 e. The van der Waals surface area contributed by atoms with Crippen molar-refractivity contribution < 1.29 is 28.6 Å². The van der Waals surface area contributed by atoms with Gasteiger partial charge in [-0.2, -0.15) is 0 Å². The number of rotatable bonds is 9. The van der Waals surface area contributed by atoms with Gasteiger partial charge in [0.05, 0.1) is 23.2 Å². The predicted molar refractivity (Wildman–Crippen MR) is 192 cm³/mol. The minimum atomic E-state index is -1.14. The van der Waals surface area contributed by atoms with Gasteiger partial charge in [-0.1, -0.05) is 50.2 Å². The first-order valence-electron chi connectivity index (χ1n) is 17.8. The Morgan fingerprint density at radius 1 is 1.18 bits per heavy atom.